The molecule has 3 rings (SSSR count). The van der Waals surface area contributed by atoms with E-state index < -0.39 is 11.8 Å². The molecule has 0 bridgehead atoms. The number of nitrogens with zero attached hydrogens (tertiary/aromatic N) is 1. The number of hydrogen-bond acceptors (Lipinski definition) is 7. The van der Waals surface area contributed by atoms with Gasteiger partial charge in [0.05, 0.1) is 53.7 Å². The number of nitrogens with one attached hydrogen (secondary N) is 2. The Morgan fingerprint density at radius 1 is 1.37 bits per heavy atom. The van der Waals surface area contributed by atoms with Crippen LogP contribution in [0, 0.1) is 11.3 Å². The van der Waals surface area contributed by atoms with E-state index in [2.05, 4.69) is 16.7 Å². The Labute approximate surface area is 177 Å². The Balaban J connectivity index is 2.02. The third-order valence-corrected chi connectivity index (χ3v) is 5.52. The fourth-order valence-corrected chi connectivity index (χ4v) is 4.01. The first kappa shape index (κ1) is 21.1. The first-order valence-electron chi connectivity index (χ1n) is 8.95. The molecule has 2 aromatic rings. The molecule has 154 valence electrons. The summed E-state index contributed by atoms with van der Waals surface area (Å²) in [4.78, 5) is 24.5. The summed E-state index contributed by atoms with van der Waals surface area (Å²) in [6, 6.07) is 10.9. The predicted octanol–water partition coefficient (Wildman–Crippen LogP) is 2.84. The Morgan fingerprint density at radius 3 is 2.77 bits per heavy atom. The van der Waals surface area contributed by atoms with Gasteiger partial charge in [0.25, 0.3) is 5.91 Å². The first-order chi connectivity index (χ1) is 14.5. The number of ether oxygens (including phenoxy) is 1. The molecule has 1 aliphatic rings. The molecule has 0 aliphatic carbocycles. The van der Waals surface area contributed by atoms with Crippen LogP contribution in [0.15, 0.2) is 69.1 Å². The highest BCUT2D eigenvalue weighted by atomic mass is 32.2. The molecule has 30 heavy (non-hydrogen) atoms. The van der Waals surface area contributed by atoms with Crippen molar-refractivity contribution in [3.05, 3.63) is 70.3 Å². The molecule has 4 N–H and O–H groups in total. The number of furan rings is 1. The zero-order chi connectivity index (χ0) is 21.7. The normalized spacial score (nSPS) is 16.0. The number of primary amides is 1. The topological polar surface area (TPSA) is 130 Å². The first-order valence-corrected chi connectivity index (χ1v) is 9.94. The van der Waals surface area contributed by atoms with Crippen LogP contribution in [-0.2, 0) is 9.59 Å². The highest BCUT2D eigenvalue weighted by Gasteiger charge is 2.35. The van der Waals surface area contributed by atoms with Crippen molar-refractivity contribution in [1.82, 2.24) is 5.32 Å². The van der Waals surface area contributed by atoms with E-state index in [0.29, 0.717) is 38.9 Å². The lowest BCUT2D eigenvalue weighted by molar-refractivity contribution is -0.115. The number of nitrogens with two attached hydrogens (primary N) is 1. The number of nitriles is 1. The zero-order valence-electron chi connectivity index (χ0n) is 16.4. The van der Waals surface area contributed by atoms with Gasteiger partial charge >= 0.3 is 0 Å². The summed E-state index contributed by atoms with van der Waals surface area (Å²) in [6.45, 7) is 1.74. The number of rotatable bonds is 7. The molecule has 0 fully saturated rings. The Morgan fingerprint density at radius 2 is 2.13 bits per heavy atom. The van der Waals surface area contributed by atoms with Crippen LogP contribution in [0.4, 0.5) is 5.69 Å². The molecule has 2 amide bonds. The third kappa shape index (κ3) is 4.34. The molecule has 0 spiro atoms. The Bertz CT molecular complexity index is 1070. The minimum atomic E-state index is -0.667. The second-order valence-electron chi connectivity index (χ2n) is 6.42. The fraction of sp³-hybridized carbons (Fsp3) is 0.190. The summed E-state index contributed by atoms with van der Waals surface area (Å²) in [7, 11) is 1.52. The Hall–Kier alpha value is -3.64. The molecule has 2 heterocycles. The van der Waals surface area contributed by atoms with Crippen LogP contribution in [0.1, 0.15) is 18.4 Å². The lowest BCUT2D eigenvalue weighted by atomic mass is 9.83. The number of carbonyl (C=O) groups is 2. The molecule has 1 unspecified atom stereocenters. The van der Waals surface area contributed by atoms with Crippen molar-refractivity contribution in [1.29, 1.82) is 5.26 Å². The second kappa shape index (κ2) is 9.24. The number of hydrogen-bond donors (Lipinski definition) is 3. The van der Waals surface area contributed by atoms with Crippen molar-refractivity contribution in [3.8, 4) is 11.8 Å². The van der Waals surface area contributed by atoms with Gasteiger partial charge in [-0.1, -0.05) is 23.9 Å². The number of anilines is 1. The monoisotopic (exact) mass is 424 g/mol. The van der Waals surface area contributed by atoms with E-state index in [1.165, 1.54) is 19.6 Å². The van der Waals surface area contributed by atoms with E-state index in [1.54, 1.807) is 37.3 Å². The fourth-order valence-electron chi connectivity index (χ4n) is 3.18. The predicted molar refractivity (Wildman–Crippen MR) is 113 cm³/mol. The van der Waals surface area contributed by atoms with E-state index in [1.807, 2.05) is 0 Å². The van der Waals surface area contributed by atoms with Gasteiger partial charge in [-0.2, -0.15) is 5.26 Å². The van der Waals surface area contributed by atoms with Crippen LogP contribution in [0.5, 0.6) is 5.75 Å². The summed E-state index contributed by atoms with van der Waals surface area (Å²) in [5.74, 6) is -1.04. The summed E-state index contributed by atoms with van der Waals surface area (Å²) >= 11 is 1.12. The van der Waals surface area contributed by atoms with Crippen LogP contribution < -0.4 is 21.1 Å². The van der Waals surface area contributed by atoms with Gasteiger partial charge in [0.15, 0.2) is 0 Å². The molecular formula is C21H20N4O4S. The average Bonchev–Trinajstić information content (AvgIpc) is 3.26. The largest absolute Gasteiger partial charge is 0.495 e. The molecule has 0 saturated heterocycles. The van der Waals surface area contributed by atoms with E-state index in [0.717, 1.165) is 11.8 Å². The molecule has 8 nitrogen and oxygen atoms in total. The maximum absolute atomic E-state index is 13.3. The van der Waals surface area contributed by atoms with Gasteiger partial charge < -0.3 is 25.5 Å². The summed E-state index contributed by atoms with van der Waals surface area (Å²) in [5, 5.41) is 16.3. The van der Waals surface area contributed by atoms with Crippen LogP contribution >= 0.6 is 11.8 Å². The van der Waals surface area contributed by atoms with Gasteiger partial charge in [-0.3, -0.25) is 9.59 Å². The lowest BCUT2D eigenvalue weighted by Crippen LogP contribution is -2.31. The van der Waals surface area contributed by atoms with Gasteiger partial charge in [-0.25, -0.2) is 0 Å². The molecule has 0 radical (unpaired) electrons. The molecule has 9 heteroatoms. The van der Waals surface area contributed by atoms with Gasteiger partial charge in [0, 0.05) is 16.8 Å². The van der Waals surface area contributed by atoms with Gasteiger partial charge in [-0.05, 0) is 25.1 Å². The number of methoxy groups -OCH3 is 1. The summed E-state index contributed by atoms with van der Waals surface area (Å²) < 4.78 is 10.5. The number of para-hydroxylation sites is 2. The zero-order valence-corrected chi connectivity index (χ0v) is 17.2. The maximum atomic E-state index is 13.3. The van der Waals surface area contributed by atoms with Crippen LogP contribution in [0.2, 0.25) is 0 Å². The minimum Gasteiger partial charge on any atom is -0.495 e. The minimum absolute atomic E-state index is 0.00163. The smallest absolute Gasteiger partial charge is 0.254 e. The van der Waals surface area contributed by atoms with E-state index >= 15 is 0 Å². The lowest BCUT2D eigenvalue weighted by Gasteiger charge is -2.29. The average molecular weight is 424 g/mol. The molecule has 1 aliphatic heterocycles. The number of thioether (sulfide) groups is 1. The van der Waals surface area contributed by atoms with Crippen molar-refractivity contribution in [2.45, 2.75) is 12.8 Å². The quantitative estimate of drug-likeness (QED) is 0.623. The van der Waals surface area contributed by atoms with Crippen molar-refractivity contribution in [2.24, 2.45) is 5.73 Å². The Kier molecular flexibility index (Phi) is 6.49. The van der Waals surface area contributed by atoms with Gasteiger partial charge in [-0.15, -0.1) is 0 Å². The summed E-state index contributed by atoms with van der Waals surface area (Å²) in [6.07, 6.45) is 2.97. The van der Waals surface area contributed by atoms with Crippen LogP contribution in [0.3, 0.4) is 0 Å². The molecule has 1 aromatic heterocycles. The highest BCUT2D eigenvalue weighted by Crippen LogP contribution is 2.41. The van der Waals surface area contributed by atoms with Crippen molar-refractivity contribution in [2.75, 3.05) is 18.2 Å². The highest BCUT2D eigenvalue weighted by molar-refractivity contribution is 8.03. The SMILES string of the molecule is COc1ccccc1NC(=O)C1=C(C)NC(SCC(N)=O)=C(C#N)C1c1ccoc1. The standard InChI is InChI=1S/C21H20N4O4S/c1-12-18(20(27)25-15-5-3-4-6-16(15)28-2)19(13-7-8-29-10-13)14(9-22)21(24-12)30-11-17(23)26/h3-8,10,19,24H,11H2,1-2H3,(H2,23,26)(H,25,27). The van der Waals surface area contributed by atoms with Crippen molar-refractivity contribution in [3.63, 3.8) is 0 Å². The summed E-state index contributed by atoms with van der Waals surface area (Å²) in [5.41, 5.74) is 7.63. The second-order valence-corrected chi connectivity index (χ2v) is 7.40. The van der Waals surface area contributed by atoms with Crippen LogP contribution in [0.25, 0.3) is 0 Å². The molecular weight excluding hydrogens is 404 g/mol. The molecule has 0 saturated carbocycles. The number of amides is 2. The van der Waals surface area contributed by atoms with Crippen molar-refractivity contribution >= 4 is 29.3 Å². The number of dihydropyridines is 1. The van der Waals surface area contributed by atoms with Crippen LogP contribution in [-0.4, -0.2) is 24.7 Å². The van der Waals surface area contributed by atoms with Gasteiger partial charge in [0.2, 0.25) is 5.91 Å². The van der Waals surface area contributed by atoms with Crippen molar-refractivity contribution < 1.29 is 18.7 Å². The number of benzene rings is 1. The van der Waals surface area contributed by atoms with E-state index in [4.69, 9.17) is 14.9 Å². The molecule has 1 atom stereocenters. The third-order valence-electron chi connectivity index (χ3n) is 4.48. The van der Waals surface area contributed by atoms with E-state index in [9.17, 15) is 14.9 Å². The molecule has 1 aromatic carbocycles. The number of carbonyl (C=O) groups excluding carboxylic acids is 2. The number of allylic oxidation sites excluding steroid dienone is 2. The van der Waals surface area contributed by atoms with E-state index in [-0.39, 0.29) is 11.7 Å². The maximum Gasteiger partial charge on any atom is 0.254 e. The van der Waals surface area contributed by atoms with Gasteiger partial charge in [0.1, 0.15) is 5.75 Å².